The molecule has 1 unspecified atom stereocenters. The largest absolute Gasteiger partial charge is 0.579 e. The highest BCUT2D eigenvalue weighted by Crippen LogP contribution is 2.38. The van der Waals surface area contributed by atoms with E-state index in [0.717, 1.165) is 5.56 Å². The zero-order valence-electron chi connectivity index (χ0n) is 8.81. The van der Waals surface area contributed by atoms with Crippen LogP contribution < -0.4 is 0 Å². The molecule has 1 aromatic carbocycles. The van der Waals surface area contributed by atoms with E-state index in [4.69, 9.17) is 14.6 Å². The summed E-state index contributed by atoms with van der Waals surface area (Å²) in [6.07, 6.45) is -0.177. The van der Waals surface area contributed by atoms with Crippen molar-refractivity contribution in [1.82, 2.24) is 0 Å². The average Bonchev–Trinajstić information content (AvgIpc) is 2.55. The van der Waals surface area contributed by atoms with Crippen molar-refractivity contribution in [3.05, 3.63) is 35.9 Å². The quantitative estimate of drug-likeness (QED) is 0.653. The van der Waals surface area contributed by atoms with E-state index in [2.05, 4.69) is 0 Å². The number of benzene rings is 1. The van der Waals surface area contributed by atoms with Crippen molar-refractivity contribution in [1.29, 1.82) is 5.26 Å². The van der Waals surface area contributed by atoms with E-state index in [-0.39, 0.29) is 6.10 Å². The molecule has 0 saturated carbocycles. The second-order valence-corrected chi connectivity index (χ2v) is 4.11. The Labute approximate surface area is 89.8 Å². The van der Waals surface area contributed by atoms with Crippen molar-refractivity contribution in [3.8, 4) is 5.97 Å². The molecule has 0 N–H and O–H groups in total. The smallest absolute Gasteiger partial charge is 0.391 e. The maximum Gasteiger partial charge on any atom is 0.579 e. The number of nitriles is 1. The summed E-state index contributed by atoms with van der Waals surface area (Å²) >= 11 is 0. The molecule has 0 aliphatic carbocycles. The minimum absolute atomic E-state index is 0.177. The third-order valence-corrected chi connectivity index (χ3v) is 2.51. The highest BCUT2D eigenvalue weighted by molar-refractivity contribution is 6.54. The van der Waals surface area contributed by atoms with Crippen molar-refractivity contribution in [2.45, 2.75) is 25.6 Å². The molecule has 1 fully saturated rings. The van der Waals surface area contributed by atoms with Gasteiger partial charge in [0.25, 0.3) is 0 Å². The monoisotopic (exact) mass is 201 g/mol. The van der Waals surface area contributed by atoms with Crippen LogP contribution in [0.4, 0.5) is 0 Å². The zero-order valence-corrected chi connectivity index (χ0v) is 8.81. The van der Waals surface area contributed by atoms with E-state index in [9.17, 15) is 0 Å². The van der Waals surface area contributed by atoms with Crippen LogP contribution in [0.25, 0.3) is 0 Å². The first kappa shape index (κ1) is 10.2. The summed E-state index contributed by atoms with van der Waals surface area (Å²) in [5.41, 5.74) is 0.585. The molecule has 4 heteroatoms. The summed E-state index contributed by atoms with van der Waals surface area (Å²) in [6, 6.07) is 9.82. The first-order valence-electron chi connectivity index (χ1n) is 4.91. The molecule has 0 aromatic heterocycles. The first-order valence-corrected chi connectivity index (χ1v) is 4.91. The maximum atomic E-state index is 8.76. The van der Waals surface area contributed by atoms with Crippen LogP contribution in [0.1, 0.15) is 25.5 Å². The maximum absolute atomic E-state index is 8.76. The SMILES string of the molecule is CC1(C)OB(C#N)OC1c1ccccc1. The summed E-state index contributed by atoms with van der Waals surface area (Å²) in [7, 11) is -0.759. The van der Waals surface area contributed by atoms with Crippen molar-refractivity contribution >= 4 is 7.12 Å². The lowest BCUT2D eigenvalue weighted by Gasteiger charge is -2.25. The fraction of sp³-hybridized carbons (Fsp3) is 0.364. The van der Waals surface area contributed by atoms with Gasteiger partial charge in [0.2, 0.25) is 0 Å². The number of nitrogens with zero attached hydrogens (tertiary/aromatic N) is 1. The molecule has 15 heavy (non-hydrogen) atoms. The molecule has 1 saturated heterocycles. The lowest BCUT2D eigenvalue weighted by atomic mass is 9.94. The molecule has 1 aliphatic rings. The van der Waals surface area contributed by atoms with Gasteiger partial charge in [0, 0.05) is 0 Å². The number of hydrogen-bond acceptors (Lipinski definition) is 3. The van der Waals surface area contributed by atoms with Gasteiger partial charge in [0.1, 0.15) is 0 Å². The Morgan fingerprint density at radius 2 is 2.00 bits per heavy atom. The molecule has 76 valence electrons. The molecule has 0 radical (unpaired) electrons. The average molecular weight is 201 g/mol. The van der Waals surface area contributed by atoms with Crippen LogP contribution in [0, 0.1) is 11.2 Å². The van der Waals surface area contributed by atoms with Gasteiger partial charge < -0.3 is 9.31 Å². The molecule has 1 aromatic rings. The van der Waals surface area contributed by atoms with Crippen LogP contribution in [-0.4, -0.2) is 12.7 Å². The molecule has 2 rings (SSSR count). The van der Waals surface area contributed by atoms with E-state index in [1.54, 1.807) is 0 Å². The van der Waals surface area contributed by atoms with Gasteiger partial charge in [-0.2, -0.15) is 0 Å². The van der Waals surface area contributed by atoms with Crippen LogP contribution >= 0.6 is 0 Å². The summed E-state index contributed by atoms with van der Waals surface area (Å²) < 4.78 is 11.0. The third-order valence-electron chi connectivity index (χ3n) is 2.51. The van der Waals surface area contributed by atoms with Crippen molar-refractivity contribution in [2.24, 2.45) is 0 Å². The van der Waals surface area contributed by atoms with Crippen molar-refractivity contribution in [3.63, 3.8) is 0 Å². The zero-order chi connectivity index (χ0) is 10.9. The second-order valence-electron chi connectivity index (χ2n) is 4.11. The fourth-order valence-corrected chi connectivity index (χ4v) is 1.82. The fourth-order valence-electron chi connectivity index (χ4n) is 1.82. The second kappa shape index (κ2) is 3.69. The van der Waals surface area contributed by atoms with Crippen molar-refractivity contribution in [2.75, 3.05) is 0 Å². The Balaban J connectivity index is 2.28. The van der Waals surface area contributed by atoms with Crippen LogP contribution in [0.5, 0.6) is 0 Å². The molecule has 1 aliphatic heterocycles. The van der Waals surface area contributed by atoms with E-state index < -0.39 is 12.7 Å². The van der Waals surface area contributed by atoms with Crippen molar-refractivity contribution < 1.29 is 9.31 Å². The molecule has 0 bridgehead atoms. The molecular formula is C11H12BNO2. The highest BCUT2D eigenvalue weighted by atomic mass is 16.7. The van der Waals surface area contributed by atoms with Gasteiger partial charge in [0.15, 0.2) is 0 Å². The third kappa shape index (κ3) is 1.89. The molecular weight excluding hydrogens is 189 g/mol. The Morgan fingerprint density at radius 3 is 2.53 bits per heavy atom. The van der Waals surface area contributed by atoms with E-state index >= 15 is 0 Å². The predicted molar refractivity (Wildman–Crippen MR) is 56.8 cm³/mol. The Kier molecular flexibility index (Phi) is 2.51. The first-order chi connectivity index (χ1) is 7.13. The summed E-state index contributed by atoms with van der Waals surface area (Å²) in [5, 5.41) is 8.76. The van der Waals surface area contributed by atoms with Crippen LogP contribution in [-0.2, 0) is 9.31 Å². The van der Waals surface area contributed by atoms with E-state index in [0.29, 0.717) is 0 Å². The Morgan fingerprint density at radius 1 is 1.33 bits per heavy atom. The van der Waals surface area contributed by atoms with Gasteiger partial charge in [-0.05, 0) is 19.4 Å². The lowest BCUT2D eigenvalue weighted by Crippen LogP contribution is -2.26. The van der Waals surface area contributed by atoms with Gasteiger partial charge in [-0.3, -0.25) is 0 Å². The predicted octanol–water partition coefficient (Wildman–Crippen LogP) is 2.10. The minimum atomic E-state index is -0.759. The standard InChI is InChI=1S/C11H12BNO2/c1-11(2)10(14-12(8-13)15-11)9-6-4-3-5-7-9/h3-7,10H,1-2H3. The summed E-state index contributed by atoms with van der Waals surface area (Å²) in [6.45, 7) is 3.87. The molecule has 1 atom stereocenters. The van der Waals surface area contributed by atoms with Gasteiger partial charge in [-0.15, -0.1) is 0 Å². The molecule has 3 nitrogen and oxygen atoms in total. The molecule has 0 spiro atoms. The number of rotatable bonds is 1. The van der Waals surface area contributed by atoms with Crippen LogP contribution in [0.3, 0.4) is 0 Å². The Bertz CT molecular complexity index is 385. The summed E-state index contributed by atoms with van der Waals surface area (Å²) in [5.74, 6) is 1.97. The topological polar surface area (TPSA) is 42.2 Å². The van der Waals surface area contributed by atoms with Crippen LogP contribution in [0.2, 0.25) is 0 Å². The van der Waals surface area contributed by atoms with Gasteiger partial charge in [-0.1, -0.05) is 30.3 Å². The minimum Gasteiger partial charge on any atom is -0.391 e. The lowest BCUT2D eigenvalue weighted by molar-refractivity contribution is 0.0728. The van der Waals surface area contributed by atoms with Gasteiger partial charge in [0.05, 0.1) is 17.7 Å². The van der Waals surface area contributed by atoms with E-state index in [1.807, 2.05) is 50.1 Å². The Hall–Kier alpha value is -1.31. The van der Waals surface area contributed by atoms with Crippen LogP contribution in [0.15, 0.2) is 30.3 Å². The molecule has 1 heterocycles. The van der Waals surface area contributed by atoms with Gasteiger partial charge in [-0.25, -0.2) is 5.26 Å². The molecule has 0 amide bonds. The highest BCUT2D eigenvalue weighted by Gasteiger charge is 2.46. The normalized spacial score (nSPS) is 23.8. The van der Waals surface area contributed by atoms with Gasteiger partial charge >= 0.3 is 7.12 Å². The summed E-state index contributed by atoms with van der Waals surface area (Å²) in [4.78, 5) is 0. The number of hydrogen-bond donors (Lipinski definition) is 0. The van der Waals surface area contributed by atoms with E-state index in [1.165, 1.54) is 0 Å².